The van der Waals surface area contributed by atoms with Crippen LogP contribution >= 0.6 is 11.6 Å². The summed E-state index contributed by atoms with van der Waals surface area (Å²) in [5.41, 5.74) is 1.90. The van der Waals surface area contributed by atoms with E-state index in [1.807, 2.05) is 18.2 Å². The van der Waals surface area contributed by atoms with Gasteiger partial charge < -0.3 is 15.4 Å². The molecule has 0 bridgehead atoms. The van der Waals surface area contributed by atoms with Gasteiger partial charge in [0.25, 0.3) is 5.91 Å². The van der Waals surface area contributed by atoms with Crippen molar-refractivity contribution in [1.82, 2.24) is 4.98 Å². The first-order valence-corrected chi connectivity index (χ1v) is 7.99. The highest BCUT2D eigenvalue weighted by Gasteiger charge is 2.09. The minimum Gasteiger partial charge on any atom is -0.456 e. The first kappa shape index (κ1) is 16.8. The fraction of sp³-hybridized carbons (Fsp3) is 0.0526. The maximum Gasteiger partial charge on any atom is 0.255 e. The SMILES string of the molecule is CNc1cc(NC(=O)c2cccc(Cl)c2)cc(Oc2cccnc2)c1. The molecule has 2 N–H and O–H groups in total. The summed E-state index contributed by atoms with van der Waals surface area (Å²) in [4.78, 5) is 16.4. The van der Waals surface area contributed by atoms with E-state index in [1.54, 1.807) is 55.8 Å². The van der Waals surface area contributed by atoms with Crippen molar-refractivity contribution >= 4 is 28.9 Å². The van der Waals surface area contributed by atoms with Crippen LogP contribution in [0.3, 0.4) is 0 Å². The second kappa shape index (κ2) is 7.68. The van der Waals surface area contributed by atoms with Gasteiger partial charge in [-0.25, -0.2) is 0 Å². The zero-order valence-corrected chi connectivity index (χ0v) is 14.2. The summed E-state index contributed by atoms with van der Waals surface area (Å²) >= 11 is 5.94. The van der Waals surface area contributed by atoms with Crippen molar-refractivity contribution in [3.05, 3.63) is 77.6 Å². The van der Waals surface area contributed by atoms with Crippen LogP contribution in [0.25, 0.3) is 0 Å². The number of benzene rings is 2. The molecule has 3 aromatic rings. The van der Waals surface area contributed by atoms with Crippen LogP contribution in [0.5, 0.6) is 11.5 Å². The standard InChI is InChI=1S/C19H16ClN3O2/c1-21-15-9-16(23-19(24)13-4-2-5-14(20)8-13)11-18(10-15)25-17-6-3-7-22-12-17/h2-12,21H,1H3,(H,23,24). The molecular weight excluding hydrogens is 338 g/mol. The molecule has 0 aliphatic carbocycles. The van der Waals surface area contributed by atoms with E-state index in [1.165, 1.54) is 0 Å². The van der Waals surface area contributed by atoms with Gasteiger partial charge >= 0.3 is 0 Å². The summed E-state index contributed by atoms with van der Waals surface area (Å²) in [6, 6.07) is 15.8. The number of halogens is 1. The predicted molar refractivity (Wildman–Crippen MR) is 99.7 cm³/mol. The Morgan fingerprint density at radius 3 is 2.60 bits per heavy atom. The number of nitrogens with one attached hydrogen (secondary N) is 2. The number of ether oxygens (including phenoxy) is 1. The number of anilines is 2. The van der Waals surface area contributed by atoms with Gasteiger partial charge in [0.15, 0.2) is 0 Å². The molecule has 5 nitrogen and oxygen atoms in total. The van der Waals surface area contributed by atoms with Gasteiger partial charge in [-0.1, -0.05) is 17.7 Å². The Bertz CT molecular complexity index is 885. The summed E-state index contributed by atoms with van der Waals surface area (Å²) in [7, 11) is 1.80. The van der Waals surface area contributed by atoms with Gasteiger partial charge in [0.05, 0.1) is 6.20 Å². The number of nitrogens with zero attached hydrogens (tertiary/aromatic N) is 1. The summed E-state index contributed by atoms with van der Waals surface area (Å²) in [5.74, 6) is 0.951. The van der Waals surface area contributed by atoms with Crippen molar-refractivity contribution in [2.75, 3.05) is 17.7 Å². The molecule has 0 unspecified atom stereocenters. The van der Waals surface area contributed by atoms with Crippen molar-refractivity contribution < 1.29 is 9.53 Å². The van der Waals surface area contributed by atoms with Crippen LogP contribution in [-0.4, -0.2) is 17.9 Å². The van der Waals surface area contributed by atoms with E-state index in [-0.39, 0.29) is 5.91 Å². The second-order valence-electron chi connectivity index (χ2n) is 5.25. The van der Waals surface area contributed by atoms with E-state index in [9.17, 15) is 4.79 Å². The number of pyridine rings is 1. The zero-order valence-electron chi connectivity index (χ0n) is 13.5. The van der Waals surface area contributed by atoms with Crippen LogP contribution in [-0.2, 0) is 0 Å². The smallest absolute Gasteiger partial charge is 0.255 e. The molecule has 1 amide bonds. The normalized spacial score (nSPS) is 10.2. The molecule has 1 heterocycles. The average molecular weight is 354 g/mol. The molecule has 0 spiro atoms. The van der Waals surface area contributed by atoms with Crippen LogP contribution in [0, 0.1) is 0 Å². The highest BCUT2D eigenvalue weighted by atomic mass is 35.5. The molecule has 25 heavy (non-hydrogen) atoms. The lowest BCUT2D eigenvalue weighted by Crippen LogP contribution is -2.12. The molecule has 0 radical (unpaired) electrons. The molecule has 0 saturated carbocycles. The number of hydrogen-bond acceptors (Lipinski definition) is 4. The van der Waals surface area contributed by atoms with Crippen molar-refractivity contribution in [2.45, 2.75) is 0 Å². The lowest BCUT2D eigenvalue weighted by molar-refractivity contribution is 0.102. The van der Waals surface area contributed by atoms with Crippen LogP contribution in [0.15, 0.2) is 67.0 Å². The Balaban J connectivity index is 1.83. The lowest BCUT2D eigenvalue weighted by atomic mass is 10.2. The number of carbonyl (C=O) groups excluding carboxylic acids is 1. The number of aromatic nitrogens is 1. The molecular formula is C19H16ClN3O2. The fourth-order valence-electron chi connectivity index (χ4n) is 2.25. The Labute approximate surface area is 150 Å². The highest BCUT2D eigenvalue weighted by molar-refractivity contribution is 6.31. The molecule has 2 aromatic carbocycles. The molecule has 6 heteroatoms. The molecule has 1 aromatic heterocycles. The second-order valence-corrected chi connectivity index (χ2v) is 5.69. The van der Waals surface area contributed by atoms with Gasteiger partial charge in [0.1, 0.15) is 11.5 Å². The van der Waals surface area contributed by atoms with Crippen molar-refractivity contribution in [3.8, 4) is 11.5 Å². The average Bonchev–Trinajstić information content (AvgIpc) is 2.62. The summed E-state index contributed by atoms with van der Waals surface area (Å²) in [6.45, 7) is 0. The van der Waals surface area contributed by atoms with Crippen LogP contribution < -0.4 is 15.4 Å². The molecule has 0 aliphatic heterocycles. The maximum absolute atomic E-state index is 12.4. The molecule has 0 fully saturated rings. The van der Waals surface area contributed by atoms with E-state index in [4.69, 9.17) is 16.3 Å². The van der Waals surface area contributed by atoms with Gasteiger partial charge in [-0.3, -0.25) is 9.78 Å². The van der Waals surface area contributed by atoms with Crippen molar-refractivity contribution in [2.24, 2.45) is 0 Å². The molecule has 126 valence electrons. The minimum atomic E-state index is -0.247. The molecule has 3 rings (SSSR count). The maximum atomic E-state index is 12.4. The number of hydrogen-bond donors (Lipinski definition) is 2. The summed E-state index contributed by atoms with van der Waals surface area (Å²) < 4.78 is 5.79. The summed E-state index contributed by atoms with van der Waals surface area (Å²) in [6.07, 6.45) is 3.30. The molecule has 0 saturated heterocycles. The Morgan fingerprint density at radius 1 is 1.04 bits per heavy atom. The third kappa shape index (κ3) is 4.49. The van der Waals surface area contributed by atoms with Gasteiger partial charge in [-0.2, -0.15) is 0 Å². The lowest BCUT2D eigenvalue weighted by Gasteiger charge is -2.12. The monoisotopic (exact) mass is 353 g/mol. The third-order valence-electron chi connectivity index (χ3n) is 3.41. The van der Waals surface area contributed by atoms with Crippen LogP contribution in [0.4, 0.5) is 11.4 Å². The Morgan fingerprint density at radius 2 is 1.88 bits per heavy atom. The van der Waals surface area contributed by atoms with Crippen molar-refractivity contribution in [3.63, 3.8) is 0 Å². The van der Waals surface area contributed by atoms with Crippen molar-refractivity contribution in [1.29, 1.82) is 0 Å². The van der Waals surface area contributed by atoms with Crippen LogP contribution in [0.1, 0.15) is 10.4 Å². The van der Waals surface area contributed by atoms with Gasteiger partial charge in [0, 0.05) is 47.3 Å². The number of carbonyl (C=O) groups is 1. The predicted octanol–water partition coefficient (Wildman–Crippen LogP) is 4.82. The van der Waals surface area contributed by atoms with E-state index < -0.39 is 0 Å². The third-order valence-corrected chi connectivity index (χ3v) is 3.65. The first-order chi connectivity index (χ1) is 12.1. The molecule has 0 aliphatic rings. The van der Waals surface area contributed by atoms with E-state index in [0.29, 0.717) is 27.8 Å². The highest BCUT2D eigenvalue weighted by Crippen LogP contribution is 2.28. The minimum absolute atomic E-state index is 0.247. The Hall–Kier alpha value is -3.05. The van der Waals surface area contributed by atoms with E-state index in [0.717, 1.165) is 5.69 Å². The summed E-state index contributed by atoms with van der Waals surface area (Å²) in [5, 5.41) is 6.41. The first-order valence-electron chi connectivity index (χ1n) is 7.62. The number of amides is 1. The van der Waals surface area contributed by atoms with Gasteiger partial charge in [0.2, 0.25) is 0 Å². The Kier molecular flexibility index (Phi) is 5.16. The zero-order chi connectivity index (χ0) is 17.6. The largest absolute Gasteiger partial charge is 0.456 e. The van der Waals surface area contributed by atoms with Gasteiger partial charge in [-0.05, 0) is 36.4 Å². The van der Waals surface area contributed by atoms with Crippen LogP contribution in [0.2, 0.25) is 5.02 Å². The van der Waals surface area contributed by atoms with E-state index >= 15 is 0 Å². The van der Waals surface area contributed by atoms with Gasteiger partial charge in [-0.15, -0.1) is 0 Å². The quantitative estimate of drug-likeness (QED) is 0.690. The number of rotatable bonds is 5. The molecule has 0 atom stereocenters. The van der Waals surface area contributed by atoms with E-state index in [2.05, 4.69) is 15.6 Å². The fourth-order valence-corrected chi connectivity index (χ4v) is 2.44. The topological polar surface area (TPSA) is 63.2 Å².